The minimum Gasteiger partial charge on any atom is -0.444 e. The number of amides is 2. The zero-order chi connectivity index (χ0) is 67.5. The maximum absolute atomic E-state index is 14.0. The Kier molecular flexibility index (Phi) is 20.9. The van der Waals surface area contributed by atoms with Gasteiger partial charge in [0.2, 0.25) is 0 Å². The van der Waals surface area contributed by atoms with Crippen LogP contribution in [-0.4, -0.2) is 108 Å². The summed E-state index contributed by atoms with van der Waals surface area (Å²) in [5.41, 5.74) is 7.45. The van der Waals surface area contributed by atoms with Crippen LogP contribution in [0.2, 0.25) is 15.1 Å². The molecule has 10 aromatic rings. The van der Waals surface area contributed by atoms with Gasteiger partial charge in [-0.1, -0.05) is 87.1 Å². The Labute approximate surface area is 568 Å². The molecule has 23 heteroatoms. The molecule has 2 amide bonds. The van der Waals surface area contributed by atoms with Gasteiger partial charge in [0.1, 0.15) is 45.6 Å². The van der Waals surface area contributed by atoms with Gasteiger partial charge in [0.15, 0.2) is 0 Å². The zero-order valence-electron chi connectivity index (χ0n) is 54.4. The number of piperidine rings is 2. The first-order valence-electron chi connectivity index (χ1n) is 31.1. The van der Waals surface area contributed by atoms with Gasteiger partial charge in [-0.05, 0) is 174 Å². The molecule has 3 aromatic carbocycles. The summed E-state index contributed by atoms with van der Waals surface area (Å²) < 4.78 is 15.4. The molecule has 7 aromatic heterocycles. The first kappa shape index (κ1) is 68.4. The van der Waals surface area contributed by atoms with E-state index in [1.54, 1.807) is 62.6 Å². The molecule has 0 spiro atoms. The lowest BCUT2D eigenvalue weighted by molar-refractivity contribution is 0.0168. The van der Waals surface area contributed by atoms with E-state index in [9.17, 15) is 24.0 Å². The predicted molar refractivity (Wildman–Crippen MR) is 375 cm³/mol. The minimum absolute atomic E-state index is 0.120. The number of nitrogens with one attached hydrogen (secondary N) is 1. The second-order valence-electron chi connectivity index (χ2n) is 25.9. The number of hydrogen-bond donors (Lipinski definition) is 1. The van der Waals surface area contributed by atoms with Crippen LogP contribution < -0.4 is 16.7 Å². The third kappa shape index (κ3) is 16.5. The van der Waals surface area contributed by atoms with Crippen molar-refractivity contribution in [1.29, 1.82) is 0 Å². The van der Waals surface area contributed by atoms with Gasteiger partial charge < -0.3 is 24.3 Å². The van der Waals surface area contributed by atoms with Crippen molar-refractivity contribution in [3.63, 3.8) is 0 Å². The third-order valence-corrected chi connectivity index (χ3v) is 17.5. The van der Waals surface area contributed by atoms with Gasteiger partial charge in [0, 0.05) is 138 Å². The molecule has 2 fully saturated rings. The maximum atomic E-state index is 14.0. The Hall–Kier alpha value is -8.43. The van der Waals surface area contributed by atoms with Crippen molar-refractivity contribution in [2.75, 3.05) is 26.2 Å². The molecule has 12 rings (SSSR count). The van der Waals surface area contributed by atoms with E-state index in [4.69, 9.17) is 44.3 Å². The topological polar surface area (TPSA) is 226 Å². The molecule has 0 saturated carbocycles. The van der Waals surface area contributed by atoms with Gasteiger partial charge in [0.25, 0.3) is 16.7 Å². The van der Waals surface area contributed by atoms with E-state index in [1.165, 1.54) is 0 Å². The number of aromatic amines is 1. The van der Waals surface area contributed by atoms with Gasteiger partial charge >= 0.3 is 12.2 Å². The molecule has 2 aliphatic heterocycles. The summed E-state index contributed by atoms with van der Waals surface area (Å²) in [6, 6.07) is 28.0. The monoisotopic (exact) mass is 1390 g/mol. The SMILES string of the molecule is Cc1ccc(-c2cc3cnc(C)nc3n(CC3CCN(C(=O)OC(C)(C)C)CC3)c2=O)c(Cl)c1.Cc1cccc(-c2ccc(-c3cc4cnc(C)nc4n(CC4CCN(C(=O)OC(C)(C)C)CC4)c3=O)c(Cl)c2)n1.Cc1ncc2cc(-c3ccc(Br)cc3Cl)c(=O)[nH]c2n1. The average Bonchev–Trinajstić information content (AvgIpc) is 0.789. The number of ether oxygens (including phenoxy) is 2. The van der Waals surface area contributed by atoms with Crippen molar-refractivity contribution in [2.24, 2.45) is 11.8 Å². The van der Waals surface area contributed by atoms with E-state index in [1.807, 2.05) is 142 Å². The van der Waals surface area contributed by atoms with E-state index in [2.05, 4.69) is 55.8 Å². The quantitative estimate of drug-likeness (QED) is 0.149. The number of carbonyl (C=O) groups is 2. The Morgan fingerprint density at radius 3 is 1.46 bits per heavy atom. The lowest BCUT2D eigenvalue weighted by Gasteiger charge is -2.33. The van der Waals surface area contributed by atoms with Gasteiger partial charge in [-0.25, -0.2) is 39.5 Å². The molecular weight excluding hydrogens is 1320 g/mol. The van der Waals surface area contributed by atoms with Gasteiger partial charge in [-0.2, -0.15) is 0 Å². The number of likely N-dealkylation sites (tertiary alicyclic amines) is 2. The molecule has 0 radical (unpaired) electrons. The number of fused-ring (bicyclic) bond motifs is 3. The van der Waals surface area contributed by atoms with E-state index >= 15 is 0 Å². The highest BCUT2D eigenvalue weighted by atomic mass is 79.9. The third-order valence-electron chi connectivity index (χ3n) is 16.1. The number of benzene rings is 3. The Balaban J connectivity index is 0.000000162. The highest BCUT2D eigenvalue weighted by Gasteiger charge is 2.30. The van der Waals surface area contributed by atoms with Crippen LogP contribution in [0.3, 0.4) is 0 Å². The average molecular weight is 1390 g/mol. The molecule has 2 saturated heterocycles. The van der Waals surface area contributed by atoms with Crippen LogP contribution in [0.25, 0.3) is 77.7 Å². The predicted octanol–water partition coefficient (Wildman–Crippen LogP) is 15.5. The Bertz CT molecular complexity index is 4720. The molecule has 0 unspecified atom stereocenters. The van der Waals surface area contributed by atoms with Crippen molar-refractivity contribution in [2.45, 2.75) is 126 Å². The smallest absolute Gasteiger partial charge is 0.410 e. The van der Waals surface area contributed by atoms with Crippen molar-refractivity contribution in [1.82, 2.24) is 58.8 Å². The molecule has 9 heterocycles. The number of halogens is 4. The maximum Gasteiger partial charge on any atom is 0.410 e. The number of hydrogen-bond acceptors (Lipinski definition) is 14. The van der Waals surface area contributed by atoms with Crippen LogP contribution >= 0.6 is 50.7 Å². The first-order valence-corrected chi connectivity index (χ1v) is 33.0. The summed E-state index contributed by atoms with van der Waals surface area (Å²) in [6.45, 7) is 23.9. The molecule has 19 nitrogen and oxygen atoms in total. The Morgan fingerprint density at radius 2 is 0.979 bits per heavy atom. The first-order chi connectivity index (χ1) is 44.5. The van der Waals surface area contributed by atoms with Gasteiger partial charge in [0.05, 0.1) is 5.69 Å². The van der Waals surface area contributed by atoms with Gasteiger partial charge in [-0.15, -0.1) is 0 Å². The van der Waals surface area contributed by atoms with Crippen LogP contribution in [0.1, 0.15) is 96.0 Å². The van der Waals surface area contributed by atoms with E-state index in [0.717, 1.165) is 68.8 Å². The number of carbonyl (C=O) groups excluding carboxylic acids is 2. The number of aromatic nitrogens is 10. The second kappa shape index (κ2) is 28.7. The summed E-state index contributed by atoms with van der Waals surface area (Å²) in [4.78, 5) is 102. The summed E-state index contributed by atoms with van der Waals surface area (Å²) in [5.74, 6) is 2.26. The fourth-order valence-corrected chi connectivity index (χ4v) is 12.8. The lowest BCUT2D eigenvalue weighted by atomic mass is 9.96. The Morgan fingerprint density at radius 1 is 0.532 bits per heavy atom. The van der Waals surface area contributed by atoms with Crippen LogP contribution in [0.15, 0.2) is 128 Å². The lowest BCUT2D eigenvalue weighted by Crippen LogP contribution is -2.42. The zero-order valence-corrected chi connectivity index (χ0v) is 58.3. The highest BCUT2D eigenvalue weighted by Crippen LogP contribution is 2.35. The van der Waals surface area contributed by atoms with Crippen molar-refractivity contribution in [3.8, 4) is 44.6 Å². The number of aryl methyl sites for hydroxylation is 5. The molecule has 0 bridgehead atoms. The van der Waals surface area contributed by atoms with Crippen molar-refractivity contribution in [3.05, 3.63) is 189 Å². The largest absolute Gasteiger partial charge is 0.444 e. The fourth-order valence-electron chi connectivity index (χ4n) is 11.4. The molecule has 2 aliphatic rings. The standard InChI is InChI=1S/C31H34ClN5O3.C26H31ClN4O3.C14H9BrClN3O/c1-19-7-6-8-27(34-19)22-9-10-24(26(32)16-22)25-15-23-17-33-20(2)35-28(23)37(29(25)38)18-21-11-13-36(14-12-21)30(39)40-31(3,4)5;1-16-6-7-20(22(27)12-16)21-13-19-14-28-17(2)29-23(19)31(24(21)32)15-18-8-10-30(11-9-18)25(33)34-26(3,4)5;1-7-17-6-8-4-11(14(20)19-13(8)18-7)10-3-2-9(15)5-12(10)16/h6-10,15-17,21H,11-14,18H2,1-5H3;6-7,12-14,18H,8-11,15H2,1-5H3;2-6H,1H3,(H,17,18,19,20). The van der Waals surface area contributed by atoms with Crippen LogP contribution in [-0.2, 0) is 22.6 Å². The summed E-state index contributed by atoms with van der Waals surface area (Å²) in [7, 11) is 0. The normalized spacial score (nSPS) is 13.9. The molecule has 0 aliphatic carbocycles. The summed E-state index contributed by atoms with van der Waals surface area (Å²) >= 11 is 22.8. The highest BCUT2D eigenvalue weighted by molar-refractivity contribution is 9.10. The second-order valence-corrected chi connectivity index (χ2v) is 28.0. The molecule has 488 valence electrons. The number of H-pyrrole nitrogens is 1. The van der Waals surface area contributed by atoms with E-state index in [0.29, 0.717) is 122 Å². The van der Waals surface area contributed by atoms with E-state index < -0.39 is 11.2 Å². The van der Waals surface area contributed by atoms with Crippen LogP contribution in [0.4, 0.5) is 9.59 Å². The molecular formula is C71H74BrCl3N12O7. The van der Waals surface area contributed by atoms with Crippen LogP contribution in [0.5, 0.6) is 0 Å². The summed E-state index contributed by atoms with van der Waals surface area (Å²) in [5, 5.41) is 3.86. The summed E-state index contributed by atoms with van der Waals surface area (Å²) in [6.07, 6.45) is 7.71. The minimum atomic E-state index is -0.534. The molecule has 0 atom stereocenters. The number of rotatable bonds is 8. The van der Waals surface area contributed by atoms with Crippen LogP contribution in [0, 0.1) is 46.5 Å². The molecule has 94 heavy (non-hydrogen) atoms. The van der Waals surface area contributed by atoms with Crippen molar-refractivity contribution >= 4 is 96.0 Å². The van der Waals surface area contributed by atoms with Gasteiger partial charge in [-0.3, -0.25) is 28.5 Å². The van der Waals surface area contributed by atoms with Crippen molar-refractivity contribution < 1.29 is 19.1 Å². The number of pyridine rings is 4. The fraction of sp³-hybridized carbons (Fsp3) is 0.352. The number of nitrogens with zero attached hydrogens (tertiary/aromatic N) is 11. The molecule has 1 N–H and O–H groups in total. The van der Waals surface area contributed by atoms with E-state index in [-0.39, 0.29) is 40.7 Å².